The largest absolute Gasteiger partial charge is 0.493 e. The molecule has 0 bridgehead atoms. The van der Waals surface area contributed by atoms with Gasteiger partial charge < -0.3 is 19.7 Å². The minimum absolute atomic E-state index is 0.0441. The van der Waals surface area contributed by atoms with E-state index >= 15 is 0 Å². The zero-order chi connectivity index (χ0) is 22.8. The first kappa shape index (κ1) is 21.9. The maximum Gasteiger partial charge on any atom is 0.240 e. The summed E-state index contributed by atoms with van der Waals surface area (Å²) >= 11 is 0. The number of anilines is 1. The predicted molar refractivity (Wildman–Crippen MR) is 124 cm³/mol. The Hall–Kier alpha value is -3.35. The van der Waals surface area contributed by atoms with Crippen molar-refractivity contribution >= 4 is 28.9 Å². The van der Waals surface area contributed by atoms with Crippen LogP contribution >= 0.6 is 0 Å². The Bertz CT molecular complexity index is 1090. The van der Waals surface area contributed by atoms with E-state index in [4.69, 9.17) is 14.5 Å². The van der Waals surface area contributed by atoms with Gasteiger partial charge in [-0.15, -0.1) is 0 Å². The number of carbonyl (C=O) groups is 2. The zero-order valence-corrected chi connectivity index (χ0v) is 19.0. The van der Waals surface area contributed by atoms with Gasteiger partial charge in [0.2, 0.25) is 11.8 Å². The average molecular weight is 436 g/mol. The Morgan fingerprint density at radius 1 is 1.19 bits per heavy atom. The van der Waals surface area contributed by atoms with Gasteiger partial charge >= 0.3 is 0 Å². The molecule has 2 aliphatic rings. The quantitative estimate of drug-likeness (QED) is 0.747. The molecule has 7 heteroatoms. The Morgan fingerprint density at radius 3 is 2.72 bits per heavy atom. The van der Waals surface area contributed by atoms with E-state index in [2.05, 4.69) is 5.32 Å². The number of aliphatic imine (C=N–C) groups is 1. The normalized spacial score (nSPS) is 17.2. The number of fused-ring (bicyclic) bond motifs is 2. The van der Waals surface area contributed by atoms with Crippen LogP contribution < -0.4 is 19.7 Å². The molecule has 7 nitrogen and oxygen atoms in total. The number of aryl methyl sites for hydroxylation is 2. The van der Waals surface area contributed by atoms with Crippen LogP contribution in [-0.4, -0.2) is 38.3 Å². The standard InChI is InChI=1S/C25H29N3O4/c1-15-11-20-21(12-16(15)2)28(25(30)18-8-6-9-19(18)27-20)14-23(29)26-13-17-7-5-10-22(31-3)24(17)32-4/h5,7,10-12,18H,6,8-9,13-14H2,1-4H3,(H,26,29)/t18-/m1/s1. The van der Waals surface area contributed by atoms with Crippen molar-refractivity contribution in [2.24, 2.45) is 10.9 Å². The first-order valence-electron chi connectivity index (χ1n) is 10.9. The van der Waals surface area contributed by atoms with E-state index < -0.39 is 0 Å². The number of hydrogen-bond donors (Lipinski definition) is 1. The summed E-state index contributed by atoms with van der Waals surface area (Å²) < 4.78 is 10.8. The van der Waals surface area contributed by atoms with Crippen LogP contribution in [0.4, 0.5) is 11.4 Å². The maximum absolute atomic E-state index is 13.4. The Labute approximate surface area is 188 Å². The van der Waals surface area contributed by atoms with Crippen molar-refractivity contribution < 1.29 is 19.1 Å². The third-order valence-corrected chi connectivity index (χ3v) is 6.30. The van der Waals surface area contributed by atoms with Crippen molar-refractivity contribution in [1.29, 1.82) is 0 Å². The number of rotatable bonds is 6. The van der Waals surface area contributed by atoms with E-state index in [1.165, 1.54) is 0 Å². The SMILES string of the molecule is COc1cccc(CNC(=O)CN2C(=O)[C@@H]3CCCC3=Nc3cc(C)c(C)cc32)c1OC. The third kappa shape index (κ3) is 4.07. The lowest BCUT2D eigenvalue weighted by Crippen LogP contribution is -2.43. The smallest absolute Gasteiger partial charge is 0.240 e. The minimum Gasteiger partial charge on any atom is -0.493 e. The summed E-state index contributed by atoms with van der Waals surface area (Å²) in [6.07, 6.45) is 2.56. The second-order valence-electron chi connectivity index (χ2n) is 8.33. The lowest BCUT2D eigenvalue weighted by molar-refractivity contribution is -0.124. The van der Waals surface area contributed by atoms with Gasteiger partial charge in [0.25, 0.3) is 0 Å². The zero-order valence-electron chi connectivity index (χ0n) is 19.0. The van der Waals surface area contributed by atoms with Crippen molar-refractivity contribution in [3.63, 3.8) is 0 Å². The van der Waals surface area contributed by atoms with E-state index in [1.807, 2.05) is 38.1 Å². The van der Waals surface area contributed by atoms with E-state index in [-0.39, 0.29) is 30.8 Å². The molecule has 168 valence electrons. The second-order valence-corrected chi connectivity index (χ2v) is 8.33. The molecular formula is C25H29N3O4. The van der Waals surface area contributed by atoms with Gasteiger partial charge in [0.05, 0.1) is 31.5 Å². The van der Waals surface area contributed by atoms with Crippen LogP contribution in [0.1, 0.15) is 36.0 Å². The molecule has 0 saturated heterocycles. The number of nitrogens with one attached hydrogen (secondary N) is 1. The first-order chi connectivity index (χ1) is 15.4. The Morgan fingerprint density at radius 2 is 1.97 bits per heavy atom. The third-order valence-electron chi connectivity index (χ3n) is 6.30. The molecule has 1 saturated carbocycles. The fourth-order valence-corrected chi connectivity index (χ4v) is 4.43. The number of carbonyl (C=O) groups excluding carboxylic acids is 2. The molecule has 2 aromatic rings. The molecule has 1 N–H and O–H groups in total. The molecule has 1 fully saturated rings. The van der Waals surface area contributed by atoms with Crippen molar-refractivity contribution in [1.82, 2.24) is 5.32 Å². The van der Waals surface area contributed by atoms with Crippen molar-refractivity contribution in [3.8, 4) is 11.5 Å². The van der Waals surface area contributed by atoms with Crippen LogP contribution in [0, 0.1) is 19.8 Å². The molecule has 2 amide bonds. The first-order valence-corrected chi connectivity index (χ1v) is 10.9. The van der Waals surface area contributed by atoms with Crippen LogP contribution in [0.15, 0.2) is 35.3 Å². The number of benzene rings is 2. The van der Waals surface area contributed by atoms with Gasteiger partial charge in [0, 0.05) is 17.8 Å². The van der Waals surface area contributed by atoms with Crippen molar-refractivity contribution in [3.05, 3.63) is 47.0 Å². The topological polar surface area (TPSA) is 80.2 Å². The number of hydrogen-bond acceptors (Lipinski definition) is 5. The van der Waals surface area contributed by atoms with Gasteiger partial charge in [-0.25, -0.2) is 0 Å². The molecule has 0 aromatic heterocycles. The van der Waals surface area contributed by atoms with Gasteiger partial charge in [-0.1, -0.05) is 12.1 Å². The molecule has 4 rings (SSSR count). The monoisotopic (exact) mass is 435 g/mol. The Balaban J connectivity index is 1.57. The van der Waals surface area contributed by atoms with Gasteiger partial charge in [-0.05, 0) is 62.4 Å². The molecule has 0 unspecified atom stereocenters. The molecule has 1 heterocycles. The highest BCUT2D eigenvalue weighted by atomic mass is 16.5. The number of para-hydroxylation sites is 1. The van der Waals surface area contributed by atoms with Crippen LogP contribution in [0.3, 0.4) is 0 Å². The number of methoxy groups -OCH3 is 2. The maximum atomic E-state index is 13.4. The van der Waals surface area contributed by atoms with Crippen molar-refractivity contribution in [2.75, 3.05) is 25.7 Å². The lowest BCUT2D eigenvalue weighted by Gasteiger charge is -2.25. The highest BCUT2D eigenvalue weighted by Gasteiger charge is 2.37. The van der Waals surface area contributed by atoms with E-state index in [9.17, 15) is 9.59 Å². The van der Waals surface area contributed by atoms with Gasteiger partial charge in [-0.2, -0.15) is 0 Å². The highest BCUT2D eigenvalue weighted by Crippen LogP contribution is 2.39. The van der Waals surface area contributed by atoms with Crippen LogP contribution in [0.2, 0.25) is 0 Å². The highest BCUT2D eigenvalue weighted by molar-refractivity contribution is 6.16. The summed E-state index contributed by atoms with van der Waals surface area (Å²) in [5, 5.41) is 2.92. The number of amides is 2. The summed E-state index contributed by atoms with van der Waals surface area (Å²) in [5.41, 5.74) is 5.39. The average Bonchev–Trinajstić information content (AvgIpc) is 3.22. The molecule has 0 spiro atoms. The molecular weight excluding hydrogens is 406 g/mol. The summed E-state index contributed by atoms with van der Waals surface area (Å²) in [6, 6.07) is 9.50. The van der Waals surface area contributed by atoms with Gasteiger partial charge in [0.1, 0.15) is 6.54 Å². The van der Waals surface area contributed by atoms with E-state index in [0.29, 0.717) is 17.2 Å². The number of nitrogens with zero attached hydrogens (tertiary/aromatic N) is 2. The summed E-state index contributed by atoms with van der Waals surface area (Å²) in [7, 11) is 3.14. The molecule has 1 aliphatic heterocycles. The van der Waals surface area contributed by atoms with Gasteiger partial charge in [-0.3, -0.25) is 14.6 Å². The molecule has 0 radical (unpaired) electrons. The van der Waals surface area contributed by atoms with E-state index in [1.54, 1.807) is 25.2 Å². The fraction of sp³-hybridized carbons (Fsp3) is 0.400. The molecule has 1 atom stereocenters. The summed E-state index contributed by atoms with van der Waals surface area (Å²) in [5.74, 6) is 0.662. The van der Waals surface area contributed by atoms with Gasteiger partial charge in [0.15, 0.2) is 11.5 Å². The number of ether oxygens (including phenoxy) is 2. The van der Waals surface area contributed by atoms with E-state index in [0.717, 1.165) is 47.4 Å². The fourth-order valence-electron chi connectivity index (χ4n) is 4.43. The second kappa shape index (κ2) is 9.02. The van der Waals surface area contributed by atoms with Crippen LogP contribution in [0.25, 0.3) is 0 Å². The minimum atomic E-state index is -0.242. The molecule has 32 heavy (non-hydrogen) atoms. The molecule has 2 aromatic carbocycles. The van der Waals surface area contributed by atoms with Crippen molar-refractivity contribution in [2.45, 2.75) is 39.7 Å². The predicted octanol–water partition coefficient (Wildman–Crippen LogP) is 3.86. The summed E-state index contributed by atoms with van der Waals surface area (Å²) in [6.45, 7) is 4.26. The summed E-state index contributed by atoms with van der Waals surface area (Å²) in [4.78, 5) is 32.8. The van der Waals surface area contributed by atoms with Crippen LogP contribution in [0.5, 0.6) is 11.5 Å². The molecule has 1 aliphatic carbocycles. The Kier molecular flexibility index (Phi) is 6.17. The van der Waals surface area contributed by atoms with Crippen LogP contribution in [-0.2, 0) is 16.1 Å². The lowest BCUT2D eigenvalue weighted by atomic mass is 10.0.